The number of anilines is 2. The van der Waals surface area contributed by atoms with Gasteiger partial charge in [-0.25, -0.2) is 4.39 Å². The Morgan fingerprint density at radius 3 is 3.00 bits per heavy atom. The van der Waals surface area contributed by atoms with Crippen LogP contribution < -0.4 is 5.32 Å². The molecule has 5 nitrogen and oxygen atoms in total. The fourth-order valence-electron chi connectivity index (χ4n) is 1.76. The van der Waals surface area contributed by atoms with E-state index in [-0.39, 0.29) is 11.7 Å². The van der Waals surface area contributed by atoms with E-state index in [0.717, 1.165) is 19.4 Å². The van der Waals surface area contributed by atoms with Gasteiger partial charge in [0.25, 0.3) is 0 Å². The molecule has 0 atom stereocenters. The number of hydrogen-bond donors (Lipinski definition) is 1. The highest BCUT2D eigenvalue weighted by molar-refractivity contribution is 8.01. The highest BCUT2D eigenvalue weighted by atomic mass is 32.2. The van der Waals surface area contributed by atoms with Gasteiger partial charge in [0.1, 0.15) is 5.82 Å². The van der Waals surface area contributed by atoms with Crippen molar-refractivity contribution in [1.82, 2.24) is 15.1 Å². The Bertz CT molecular complexity index is 650. The highest BCUT2D eigenvalue weighted by Crippen LogP contribution is 2.27. The molecule has 1 aromatic heterocycles. The SMILES string of the molecule is CCCCN(C)C(=O)CSc1nnc(Nc2cccc(F)c2)s1. The Kier molecular flexibility index (Phi) is 6.79. The maximum Gasteiger partial charge on any atom is 0.232 e. The molecule has 0 radical (unpaired) electrons. The van der Waals surface area contributed by atoms with Crippen molar-refractivity contribution < 1.29 is 9.18 Å². The van der Waals surface area contributed by atoms with Gasteiger partial charge >= 0.3 is 0 Å². The first-order chi connectivity index (χ1) is 11.1. The zero-order valence-corrected chi connectivity index (χ0v) is 14.7. The minimum Gasteiger partial charge on any atom is -0.345 e. The monoisotopic (exact) mass is 354 g/mol. The summed E-state index contributed by atoms with van der Waals surface area (Å²) >= 11 is 2.71. The number of hydrogen-bond acceptors (Lipinski definition) is 6. The van der Waals surface area contributed by atoms with Crippen molar-refractivity contribution in [2.24, 2.45) is 0 Å². The summed E-state index contributed by atoms with van der Waals surface area (Å²) in [6.07, 6.45) is 2.07. The summed E-state index contributed by atoms with van der Waals surface area (Å²) in [5.74, 6) is 0.113. The molecular formula is C15H19FN4OS2. The van der Waals surface area contributed by atoms with Crippen LogP contribution in [0.3, 0.4) is 0 Å². The number of benzene rings is 1. The van der Waals surface area contributed by atoms with Crippen LogP contribution >= 0.6 is 23.1 Å². The lowest BCUT2D eigenvalue weighted by Crippen LogP contribution is -2.29. The average molecular weight is 354 g/mol. The molecule has 1 heterocycles. The second kappa shape index (κ2) is 8.83. The fraction of sp³-hybridized carbons (Fsp3) is 0.400. The zero-order chi connectivity index (χ0) is 16.7. The van der Waals surface area contributed by atoms with E-state index in [1.807, 2.05) is 7.05 Å². The number of carbonyl (C=O) groups excluding carboxylic acids is 1. The first-order valence-electron chi connectivity index (χ1n) is 7.31. The predicted octanol–water partition coefficient (Wildman–Crippen LogP) is 3.77. The summed E-state index contributed by atoms with van der Waals surface area (Å²) in [5.41, 5.74) is 0.619. The number of halogens is 1. The van der Waals surface area contributed by atoms with Crippen molar-refractivity contribution in [3.8, 4) is 0 Å². The van der Waals surface area contributed by atoms with Crippen LogP contribution in [0.2, 0.25) is 0 Å². The molecule has 0 aliphatic rings. The third-order valence-electron chi connectivity index (χ3n) is 3.07. The largest absolute Gasteiger partial charge is 0.345 e. The molecule has 1 aromatic carbocycles. The summed E-state index contributed by atoms with van der Waals surface area (Å²) in [5, 5.41) is 11.6. The van der Waals surface area contributed by atoms with Crippen LogP contribution in [0.25, 0.3) is 0 Å². The van der Waals surface area contributed by atoms with E-state index in [1.165, 1.54) is 35.2 Å². The molecule has 8 heteroatoms. The Morgan fingerprint density at radius 2 is 2.26 bits per heavy atom. The normalized spacial score (nSPS) is 10.6. The summed E-state index contributed by atoms with van der Waals surface area (Å²) in [6.45, 7) is 2.87. The minimum absolute atomic E-state index is 0.0817. The Hall–Kier alpha value is -1.67. The molecule has 0 aliphatic carbocycles. The van der Waals surface area contributed by atoms with Gasteiger partial charge in [-0.1, -0.05) is 42.5 Å². The molecule has 1 amide bonds. The van der Waals surface area contributed by atoms with E-state index in [4.69, 9.17) is 0 Å². The Balaban J connectivity index is 1.84. The number of aromatic nitrogens is 2. The molecule has 0 bridgehead atoms. The number of carbonyl (C=O) groups is 1. The number of thioether (sulfide) groups is 1. The van der Waals surface area contributed by atoms with E-state index in [1.54, 1.807) is 17.0 Å². The second-order valence-electron chi connectivity index (χ2n) is 4.97. The number of rotatable bonds is 8. The van der Waals surface area contributed by atoms with E-state index in [2.05, 4.69) is 22.4 Å². The van der Waals surface area contributed by atoms with Crippen LogP contribution in [0, 0.1) is 5.82 Å². The number of nitrogens with one attached hydrogen (secondary N) is 1. The first-order valence-corrected chi connectivity index (χ1v) is 9.11. The van der Waals surface area contributed by atoms with Crippen molar-refractivity contribution in [2.75, 3.05) is 24.7 Å². The van der Waals surface area contributed by atoms with Gasteiger partial charge in [-0.3, -0.25) is 4.79 Å². The standard InChI is InChI=1S/C15H19FN4OS2/c1-3-4-8-20(2)13(21)10-22-15-19-18-14(23-15)17-12-7-5-6-11(16)9-12/h5-7,9H,3-4,8,10H2,1-2H3,(H,17,18). The van der Waals surface area contributed by atoms with Gasteiger partial charge in [0.15, 0.2) is 4.34 Å². The van der Waals surface area contributed by atoms with Crippen molar-refractivity contribution in [3.05, 3.63) is 30.1 Å². The predicted molar refractivity (Wildman–Crippen MR) is 92.9 cm³/mol. The number of amides is 1. The molecule has 124 valence electrons. The molecule has 2 rings (SSSR count). The van der Waals surface area contributed by atoms with Gasteiger partial charge in [0, 0.05) is 19.3 Å². The van der Waals surface area contributed by atoms with E-state index in [0.29, 0.717) is 20.9 Å². The van der Waals surface area contributed by atoms with E-state index >= 15 is 0 Å². The average Bonchev–Trinajstić information content (AvgIpc) is 2.97. The third kappa shape index (κ3) is 5.80. The van der Waals surface area contributed by atoms with Crippen LogP contribution in [0.1, 0.15) is 19.8 Å². The van der Waals surface area contributed by atoms with Gasteiger partial charge in [0.05, 0.1) is 5.75 Å². The van der Waals surface area contributed by atoms with Crippen LogP contribution in [0.15, 0.2) is 28.6 Å². The molecule has 0 unspecified atom stereocenters. The van der Waals surface area contributed by atoms with Gasteiger partial charge in [0.2, 0.25) is 11.0 Å². The van der Waals surface area contributed by atoms with Crippen molar-refractivity contribution >= 4 is 39.8 Å². The van der Waals surface area contributed by atoms with Gasteiger partial charge in [-0.05, 0) is 24.6 Å². The van der Waals surface area contributed by atoms with E-state index in [9.17, 15) is 9.18 Å². The summed E-state index contributed by atoms with van der Waals surface area (Å²) in [4.78, 5) is 13.7. The molecule has 1 N–H and O–H groups in total. The summed E-state index contributed by atoms with van der Waals surface area (Å²) in [7, 11) is 1.82. The zero-order valence-electron chi connectivity index (χ0n) is 13.1. The molecule has 2 aromatic rings. The van der Waals surface area contributed by atoms with Crippen molar-refractivity contribution in [1.29, 1.82) is 0 Å². The van der Waals surface area contributed by atoms with Crippen LogP contribution in [-0.2, 0) is 4.79 Å². The first kappa shape index (κ1) is 17.7. The minimum atomic E-state index is -0.310. The lowest BCUT2D eigenvalue weighted by Gasteiger charge is -2.15. The molecular weight excluding hydrogens is 335 g/mol. The van der Waals surface area contributed by atoms with Gasteiger partial charge in [-0.2, -0.15) is 0 Å². The second-order valence-corrected chi connectivity index (χ2v) is 7.17. The number of nitrogens with zero attached hydrogens (tertiary/aromatic N) is 3. The molecule has 0 fully saturated rings. The topological polar surface area (TPSA) is 58.1 Å². The Labute approximate surface area is 143 Å². The molecule has 0 aliphatic heterocycles. The summed E-state index contributed by atoms with van der Waals surface area (Å²) in [6, 6.07) is 6.15. The lowest BCUT2D eigenvalue weighted by molar-refractivity contribution is -0.127. The van der Waals surface area contributed by atoms with Gasteiger partial charge < -0.3 is 10.2 Å². The van der Waals surface area contributed by atoms with Crippen LogP contribution in [0.5, 0.6) is 0 Å². The van der Waals surface area contributed by atoms with E-state index < -0.39 is 0 Å². The molecule has 0 saturated heterocycles. The van der Waals surface area contributed by atoms with Crippen LogP contribution in [0.4, 0.5) is 15.2 Å². The Morgan fingerprint density at radius 1 is 1.43 bits per heavy atom. The number of unbranched alkanes of at least 4 members (excludes halogenated alkanes) is 1. The smallest absolute Gasteiger partial charge is 0.232 e. The van der Waals surface area contributed by atoms with Crippen LogP contribution in [-0.4, -0.2) is 40.3 Å². The van der Waals surface area contributed by atoms with Crippen molar-refractivity contribution in [3.63, 3.8) is 0 Å². The fourth-order valence-corrected chi connectivity index (χ4v) is 3.47. The maximum atomic E-state index is 13.1. The summed E-state index contributed by atoms with van der Waals surface area (Å²) < 4.78 is 13.8. The van der Waals surface area contributed by atoms with Crippen molar-refractivity contribution in [2.45, 2.75) is 24.1 Å². The quantitative estimate of drug-likeness (QED) is 0.731. The highest BCUT2D eigenvalue weighted by Gasteiger charge is 2.11. The maximum absolute atomic E-state index is 13.1. The molecule has 0 spiro atoms. The molecule has 23 heavy (non-hydrogen) atoms. The lowest BCUT2D eigenvalue weighted by atomic mass is 10.3. The molecule has 0 saturated carbocycles. The van der Waals surface area contributed by atoms with Gasteiger partial charge in [-0.15, -0.1) is 10.2 Å². The third-order valence-corrected chi connectivity index (χ3v) is 5.03.